The number of halogens is 2. The van der Waals surface area contributed by atoms with Crippen LogP contribution in [0.4, 0.5) is 9.18 Å². The Labute approximate surface area is 244 Å². The van der Waals surface area contributed by atoms with E-state index in [1.54, 1.807) is 52.0 Å². The summed E-state index contributed by atoms with van der Waals surface area (Å²) in [5.74, 6) is -0.192. The largest absolute Gasteiger partial charge is 0.489 e. The van der Waals surface area contributed by atoms with Gasteiger partial charge in [-0.25, -0.2) is 9.18 Å². The van der Waals surface area contributed by atoms with Gasteiger partial charge in [0.2, 0.25) is 0 Å². The molecule has 1 unspecified atom stereocenters. The number of esters is 1. The topological polar surface area (TPSA) is 73.9 Å². The molecule has 8 heteroatoms. The van der Waals surface area contributed by atoms with E-state index < -0.39 is 29.2 Å². The van der Waals surface area contributed by atoms with Crippen molar-refractivity contribution < 1.29 is 28.2 Å². The molecule has 6 nitrogen and oxygen atoms in total. The molecule has 1 atom stereocenters. The summed E-state index contributed by atoms with van der Waals surface area (Å²) < 4.78 is 33.3. The number of para-hydroxylation sites is 1. The van der Waals surface area contributed by atoms with Crippen molar-refractivity contribution in [1.82, 2.24) is 5.32 Å². The molecule has 0 aliphatic carbocycles. The molecule has 0 fully saturated rings. The molecule has 214 valence electrons. The maximum Gasteiger partial charge on any atom is 0.408 e. The minimum atomic E-state index is -0.658. The number of amides is 1. The van der Waals surface area contributed by atoms with E-state index in [4.69, 9.17) is 14.2 Å². The molecule has 0 saturated heterocycles. The maximum atomic E-state index is 15.7. The van der Waals surface area contributed by atoms with Gasteiger partial charge in [0.15, 0.2) is 0 Å². The van der Waals surface area contributed by atoms with E-state index in [9.17, 15) is 9.59 Å². The van der Waals surface area contributed by atoms with Crippen LogP contribution in [0.2, 0.25) is 0 Å². The Hall–Kier alpha value is -3.39. The predicted octanol–water partition coefficient (Wildman–Crippen LogP) is 8.30. The summed E-state index contributed by atoms with van der Waals surface area (Å²) in [5.41, 5.74) is 1.68. The quantitative estimate of drug-likeness (QED) is 0.259. The Morgan fingerprint density at radius 2 is 1.60 bits per heavy atom. The van der Waals surface area contributed by atoms with Crippen LogP contribution in [0.5, 0.6) is 5.75 Å². The standard InChI is InChI=1S/C32H37BrFNO5/c1-20(35-30(37)40-32(5,6)7)25-12-10-13-26(29(25)34)23-15-21(16-24(33)17-23)19-38-27-14-9-8-11-22(27)18-28(36)39-31(2,3)4/h8-17,20H,18-19H2,1-7H3,(H,35,37). The first kappa shape index (κ1) is 31.1. The van der Waals surface area contributed by atoms with Crippen LogP contribution in [0.3, 0.4) is 0 Å². The Bertz CT molecular complexity index is 1360. The van der Waals surface area contributed by atoms with E-state index >= 15 is 4.39 Å². The SMILES string of the molecule is CC(NC(=O)OC(C)(C)C)c1cccc(-c2cc(Br)cc(COc3ccccc3CC(=O)OC(C)(C)C)c2)c1F. The van der Waals surface area contributed by atoms with Crippen LogP contribution in [0.25, 0.3) is 11.1 Å². The molecule has 0 aliphatic heterocycles. The van der Waals surface area contributed by atoms with Crippen LogP contribution in [0.1, 0.15) is 71.2 Å². The molecule has 0 aliphatic rings. The average molecular weight is 615 g/mol. The van der Waals surface area contributed by atoms with Gasteiger partial charge in [0.1, 0.15) is 29.4 Å². The van der Waals surface area contributed by atoms with Crippen molar-refractivity contribution in [3.63, 3.8) is 0 Å². The molecule has 3 rings (SSSR count). The number of ether oxygens (including phenoxy) is 3. The zero-order chi connectivity index (χ0) is 29.7. The van der Waals surface area contributed by atoms with Crippen LogP contribution in [-0.4, -0.2) is 23.3 Å². The van der Waals surface area contributed by atoms with Gasteiger partial charge < -0.3 is 19.5 Å². The summed E-state index contributed by atoms with van der Waals surface area (Å²) in [6.07, 6.45) is -0.524. The second-order valence-electron chi connectivity index (χ2n) is 11.6. The molecule has 0 aromatic heterocycles. The summed E-state index contributed by atoms with van der Waals surface area (Å²) in [5, 5.41) is 2.70. The first-order valence-corrected chi connectivity index (χ1v) is 13.9. The monoisotopic (exact) mass is 613 g/mol. The molecular formula is C32H37BrFNO5. The van der Waals surface area contributed by atoms with Crippen molar-refractivity contribution in [2.75, 3.05) is 0 Å². The molecule has 3 aromatic rings. The van der Waals surface area contributed by atoms with E-state index in [1.807, 2.05) is 57.2 Å². The van der Waals surface area contributed by atoms with E-state index in [-0.39, 0.29) is 19.0 Å². The maximum absolute atomic E-state index is 15.7. The van der Waals surface area contributed by atoms with Crippen LogP contribution < -0.4 is 10.1 Å². The zero-order valence-electron chi connectivity index (χ0n) is 24.1. The number of benzene rings is 3. The Kier molecular flexibility index (Phi) is 10.0. The number of alkyl carbamates (subject to hydrolysis) is 1. The fourth-order valence-electron chi connectivity index (χ4n) is 4.04. The van der Waals surface area contributed by atoms with Crippen molar-refractivity contribution >= 4 is 28.0 Å². The van der Waals surface area contributed by atoms with Gasteiger partial charge in [-0.05, 0) is 83.9 Å². The number of hydrogen-bond acceptors (Lipinski definition) is 5. The lowest BCUT2D eigenvalue weighted by Gasteiger charge is -2.22. The van der Waals surface area contributed by atoms with Gasteiger partial charge in [0.05, 0.1) is 12.5 Å². The smallest absolute Gasteiger partial charge is 0.408 e. The lowest BCUT2D eigenvalue weighted by Crippen LogP contribution is -2.34. The van der Waals surface area contributed by atoms with Gasteiger partial charge in [0.25, 0.3) is 0 Å². The van der Waals surface area contributed by atoms with Crippen molar-refractivity contribution in [2.45, 2.75) is 78.7 Å². The second-order valence-corrected chi connectivity index (χ2v) is 12.5. The fourth-order valence-corrected chi connectivity index (χ4v) is 4.58. The molecule has 3 aromatic carbocycles. The minimum absolute atomic E-state index is 0.0880. The summed E-state index contributed by atoms with van der Waals surface area (Å²) >= 11 is 3.53. The molecule has 0 bridgehead atoms. The van der Waals surface area contributed by atoms with Gasteiger partial charge in [0, 0.05) is 21.2 Å². The molecule has 1 N–H and O–H groups in total. The van der Waals surface area contributed by atoms with Gasteiger partial charge in [-0.3, -0.25) is 4.79 Å². The third kappa shape index (κ3) is 9.37. The summed E-state index contributed by atoms with van der Waals surface area (Å²) in [7, 11) is 0. The van der Waals surface area contributed by atoms with Crippen LogP contribution in [0, 0.1) is 5.82 Å². The number of carbonyl (C=O) groups excluding carboxylic acids is 2. The van der Waals surface area contributed by atoms with E-state index in [0.29, 0.717) is 22.4 Å². The number of rotatable bonds is 8. The minimum Gasteiger partial charge on any atom is -0.489 e. The zero-order valence-corrected chi connectivity index (χ0v) is 25.6. The highest BCUT2D eigenvalue weighted by Gasteiger charge is 2.22. The molecule has 0 saturated carbocycles. The second kappa shape index (κ2) is 12.9. The Balaban J connectivity index is 1.79. The van der Waals surface area contributed by atoms with Crippen molar-refractivity contribution in [3.05, 3.63) is 87.6 Å². The van der Waals surface area contributed by atoms with Gasteiger partial charge in [-0.1, -0.05) is 52.3 Å². The molecule has 40 heavy (non-hydrogen) atoms. The highest BCUT2D eigenvalue weighted by molar-refractivity contribution is 9.10. The first-order valence-electron chi connectivity index (χ1n) is 13.1. The van der Waals surface area contributed by atoms with Crippen molar-refractivity contribution in [1.29, 1.82) is 0 Å². The van der Waals surface area contributed by atoms with Crippen LogP contribution in [-0.2, 0) is 27.3 Å². The molecule has 0 heterocycles. The highest BCUT2D eigenvalue weighted by atomic mass is 79.9. The Morgan fingerprint density at radius 1 is 0.925 bits per heavy atom. The van der Waals surface area contributed by atoms with E-state index in [0.717, 1.165) is 15.6 Å². The third-order valence-electron chi connectivity index (χ3n) is 5.62. The van der Waals surface area contributed by atoms with Crippen LogP contribution in [0.15, 0.2) is 65.1 Å². The summed E-state index contributed by atoms with van der Waals surface area (Å²) in [6, 6.07) is 17.4. The van der Waals surface area contributed by atoms with Crippen molar-refractivity contribution in [2.24, 2.45) is 0 Å². The fraction of sp³-hybridized carbons (Fsp3) is 0.375. The number of carbonyl (C=O) groups is 2. The first-order chi connectivity index (χ1) is 18.6. The van der Waals surface area contributed by atoms with Gasteiger partial charge >= 0.3 is 12.1 Å². The van der Waals surface area contributed by atoms with Gasteiger partial charge in [-0.2, -0.15) is 0 Å². The summed E-state index contributed by atoms with van der Waals surface area (Å²) in [6.45, 7) is 12.7. The normalized spacial score (nSPS) is 12.4. The highest BCUT2D eigenvalue weighted by Crippen LogP contribution is 2.32. The molecular weight excluding hydrogens is 577 g/mol. The Morgan fingerprint density at radius 3 is 2.27 bits per heavy atom. The number of hydrogen-bond donors (Lipinski definition) is 1. The lowest BCUT2D eigenvalue weighted by molar-refractivity contribution is -0.153. The lowest BCUT2D eigenvalue weighted by atomic mass is 9.98. The van der Waals surface area contributed by atoms with Crippen molar-refractivity contribution in [3.8, 4) is 16.9 Å². The molecule has 0 spiro atoms. The molecule has 0 radical (unpaired) electrons. The van der Waals surface area contributed by atoms with E-state index in [2.05, 4.69) is 21.2 Å². The van der Waals surface area contributed by atoms with E-state index in [1.165, 1.54) is 0 Å². The average Bonchev–Trinajstić information content (AvgIpc) is 2.80. The number of nitrogens with one attached hydrogen (secondary N) is 1. The molecule has 1 amide bonds. The van der Waals surface area contributed by atoms with Gasteiger partial charge in [-0.15, -0.1) is 0 Å². The van der Waals surface area contributed by atoms with Crippen LogP contribution >= 0.6 is 15.9 Å². The summed E-state index contributed by atoms with van der Waals surface area (Å²) in [4.78, 5) is 24.6. The predicted molar refractivity (Wildman–Crippen MR) is 158 cm³/mol. The third-order valence-corrected chi connectivity index (χ3v) is 6.08.